The number of anilines is 1. The first kappa shape index (κ1) is 13.3. The molecule has 0 radical (unpaired) electrons. The Kier molecular flexibility index (Phi) is 3.37. The third-order valence-electron chi connectivity index (χ3n) is 3.24. The second kappa shape index (κ2) is 5.34. The molecule has 21 heavy (non-hydrogen) atoms. The maximum atomic E-state index is 12.3. The van der Waals surface area contributed by atoms with Crippen molar-refractivity contribution in [2.75, 3.05) is 5.32 Å². The van der Waals surface area contributed by atoms with E-state index in [1.54, 1.807) is 37.3 Å². The molecular weight excluding hydrogens is 268 g/mol. The fourth-order valence-electron chi connectivity index (χ4n) is 2.15. The topological polar surface area (TPSA) is 90.9 Å². The Morgan fingerprint density at radius 2 is 1.95 bits per heavy atom. The smallest absolute Gasteiger partial charge is 0.255 e. The second-order valence-corrected chi connectivity index (χ2v) is 4.74. The summed E-state index contributed by atoms with van der Waals surface area (Å²) in [4.78, 5) is 12.3. The van der Waals surface area contributed by atoms with Crippen LogP contribution in [-0.2, 0) is 0 Å². The zero-order valence-corrected chi connectivity index (χ0v) is 11.4. The summed E-state index contributed by atoms with van der Waals surface area (Å²) in [7, 11) is 0. The Bertz CT molecular complexity index is 795. The fraction of sp³-hybridized carbons (Fsp3) is 0.133. The van der Waals surface area contributed by atoms with Crippen molar-refractivity contribution in [1.82, 2.24) is 15.4 Å². The van der Waals surface area contributed by atoms with E-state index in [4.69, 9.17) is 0 Å². The Hall–Kier alpha value is -2.73. The minimum Gasteiger partial charge on any atom is -0.389 e. The average molecular weight is 282 g/mol. The van der Waals surface area contributed by atoms with Crippen LogP contribution in [0.25, 0.3) is 11.0 Å². The molecule has 1 unspecified atom stereocenters. The van der Waals surface area contributed by atoms with Crippen molar-refractivity contribution in [3.8, 4) is 0 Å². The number of aromatic nitrogens is 3. The second-order valence-electron chi connectivity index (χ2n) is 4.74. The summed E-state index contributed by atoms with van der Waals surface area (Å²) in [6.45, 7) is 1.66. The molecule has 0 saturated carbocycles. The van der Waals surface area contributed by atoms with E-state index < -0.39 is 6.10 Å². The largest absolute Gasteiger partial charge is 0.389 e. The van der Waals surface area contributed by atoms with Crippen molar-refractivity contribution in [2.24, 2.45) is 0 Å². The summed E-state index contributed by atoms with van der Waals surface area (Å²) >= 11 is 0. The Morgan fingerprint density at radius 1 is 1.19 bits per heavy atom. The summed E-state index contributed by atoms with van der Waals surface area (Å²) in [5, 5.41) is 22.9. The Balaban J connectivity index is 1.89. The molecule has 1 heterocycles. The van der Waals surface area contributed by atoms with Crippen molar-refractivity contribution in [2.45, 2.75) is 13.0 Å². The number of amides is 1. The average Bonchev–Trinajstić information content (AvgIpc) is 2.94. The highest BCUT2D eigenvalue weighted by atomic mass is 16.3. The lowest BCUT2D eigenvalue weighted by molar-refractivity contribution is 0.102. The van der Waals surface area contributed by atoms with Gasteiger partial charge in [0.05, 0.1) is 6.10 Å². The van der Waals surface area contributed by atoms with E-state index in [-0.39, 0.29) is 5.91 Å². The van der Waals surface area contributed by atoms with Gasteiger partial charge in [0.25, 0.3) is 5.91 Å². The molecule has 0 bridgehead atoms. The van der Waals surface area contributed by atoms with E-state index in [1.807, 2.05) is 12.1 Å². The van der Waals surface area contributed by atoms with E-state index in [0.29, 0.717) is 27.8 Å². The van der Waals surface area contributed by atoms with Gasteiger partial charge < -0.3 is 10.4 Å². The molecule has 1 aromatic heterocycles. The van der Waals surface area contributed by atoms with Gasteiger partial charge in [-0.2, -0.15) is 15.4 Å². The van der Waals surface area contributed by atoms with Crippen LogP contribution in [0.4, 0.5) is 5.69 Å². The van der Waals surface area contributed by atoms with Crippen LogP contribution in [-0.4, -0.2) is 26.4 Å². The van der Waals surface area contributed by atoms with Crippen molar-refractivity contribution in [3.05, 3.63) is 53.6 Å². The van der Waals surface area contributed by atoms with Crippen LogP contribution in [0.2, 0.25) is 0 Å². The molecule has 0 aliphatic heterocycles. The Labute approximate surface area is 120 Å². The number of nitrogens with zero attached hydrogens (tertiary/aromatic N) is 2. The van der Waals surface area contributed by atoms with Gasteiger partial charge in [-0.15, -0.1) is 0 Å². The molecule has 3 aromatic rings. The number of hydrogen-bond acceptors (Lipinski definition) is 4. The molecule has 0 saturated heterocycles. The number of hydrogen-bond donors (Lipinski definition) is 3. The maximum absolute atomic E-state index is 12.3. The van der Waals surface area contributed by atoms with Crippen LogP contribution < -0.4 is 5.32 Å². The molecule has 0 spiro atoms. The first-order valence-corrected chi connectivity index (χ1v) is 6.54. The van der Waals surface area contributed by atoms with Crippen LogP contribution >= 0.6 is 0 Å². The van der Waals surface area contributed by atoms with E-state index in [2.05, 4.69) is 20.7 Å². The van der Waals surface area contributed by atoms with Gasteiger partial charge in [-0.25, -0.2) is 0 Å². The number of rotatable bonds is 3. The van der Waals surface area contributed by atoms with Gasteiger partial charge in [0, 0.05) is 16.8 Å². The number of benzene rings is 2. The first-order valence-electron chi connectivity index (χ1n) is 6.54. The summed E-state index contributed by atoms with van der Waals surface area (Å²) in [5.74, 6) is -0.256. The molecule has 6 heteroatoms. The maximum Gasteiger partial charge on any atom is 0.255 e. The van der Waals surface area contributed by atoms with Crippen molar-refractivity contribution >= 4 is 22.6 Å². The minimum atomic E-state index is -0.653. The highest BCUT2D eigenvalue weighted by molar-refractivity contribution is 6.06. The molecule has 106 valence electrons. The van der Waals surface area contributed by atoms with Crippen molar-refractivity contribution < 1.29 is 9.90 Å². The number of nitrogens with one attached hydrogen (secondary N) is 2. The highest BCUT2D eigenvalue weighted by Gasteiger charge is 2.12. The van der Waals surface area contributed by atoms with Crippen LogP contribution in [0.3, 0.4) is 0 Å². The van der Waals surface area contributed by atoms with Crippen molar-refractivity contribution in [3.63, 3.8) is 0 Å². The molecule has 0 aliphatic rings. The quantitative estimate of drug-likeness (QED) is 0.687. The van der Waals surface area contributed by atoms with Gasteiger partial charge in [-0.05, 0) is 31.2 Å². The number of fused-ring (bicyclic) bond motifs is 1. The normalized spacial score (nSPS) is 12.3. The van der Waals surface area contributed by atoms with Crippen LogP contribution in [0.1, 0.15) is 28.9 Å². The molecule has 1 atom stereocenters. The van der Waals surface area contributed by atoms with Gasteiger partial charge in [0.1, 0.15) is 11.0 Å². The lowest BCUT2D eigenvalue weighted by atomic mass is 10.1. The van der Waals surface area contributed by atoms with Gasteiger partial charge in [-0.3, -0.25) is 4.79 Å². The molecule has 3 rings (SSSR count). The van der Waals surface area contributed by atoms with E-state index >= 15 is 0 Å². The summed E-state index contributed by atoms with van der Waals surface area (Å²) < 4.78 is 0. The lowest BCUT2D eigenvalue weighted by Gasteiger charge is -2.12. The van der Waals surface area contributed by atoms with E-state index in [0.717, 1.165) is 0 Å². The highest BCUT2D eigenvalue weighted by Crippen LogP contribution is 2.23. The number of H-pyrrole nitrogens is 1. The minimum absolute atomic E-state index is 0.256. The summed E-state index contributed by atoms with van der Waals surface area (Å²) in [6, 6.07) is 12.2. The van der Waals surface area contributed by atoms with E-state index in [9.17, 15) is 9.90 Å². The molecule has 0 aliphatic carbocycles. The number of carbonyl (C=O) groups is 1. The standard InChI is InChI=1S/C15H14N4O2/c1-9(20)11-4-2-3-5-12(11)16-15(21)10-6-7-13-14(8-10)18-19-17-13/h2-9,20H,1H3,(H,16,21)(H,17,18,19). The van der Waals surface area contributed by atoms with Gasteiger partial charge in [0.2, 0.25) is 0 Å². The molecule has 3 N–H and O–H groups in total. The van der Waals surface area contributed by atoms with Crippen LogP contribution in [0.5, 0.6) is 0 Å². The Morgan fingerprint density at radius 3 is 2.76 bits per heavy atom. The fourth-order valence-corrected chi connectivity index (χ4v) is 2.15. The SMILES string of the molecule is CC(O)c1ccccc1NC(=O)c1ccc2n[nH]nc2c1. The zero-order chi connectivity index (χ0) is 14.8. The molecule has 2 aromatic carbocycles. The van der Waals surface area contributed by atoms with Crippen molar-refractivity contribution in [1.29, 1.82) is 0 Å². The predicted molar refractivity (Wildman–Crippen MR) is 78.9 cm³/mol. The molecule has 0 fully saturated rings. The number of aromatic amines is 1. The number of aliphatic hydroxyl groups is 1. The summed E-state index contributed by atoms with van der Waals surface area (Å²) in [5.41, 5.74) is 3.09. The van der Waals surface area contributed by atoms with Gasteiger partial charge in [0.15, 0.2) is 0 Å². The van der Waals surface area contributed by atoms with Gasteiger partial charge >= 0.3 is 0 Å². The predicted octanol–water partition coefficient (Wildman–Crippen LogP) is 2.26. The zero-order valence-electron chi connectivity index (χ0n) is 11.4. The summed E-state index contributed by atoms with van der Waals surface area (Å²) in [6.07, 6.45) is -0.653. The van der Waals surface area contributed by atoms with Crippen LogP contribution in [0, 0.1) is 0 Å². The lowest BCUT2D eigenvalue weighted by Crippen LogP contribution is -2.13. The number of carbonyl (C=O) groups excluding carboxylic acids is 1. The number of para-hydroxylation sites is 1. The van der Waals surface area contributed by atoms with Gasteiger partial charge in [-0.1, -0.05) is 18.2 Å². The molecule has 1 amide bonds. The monoisotopic (exact) mass is 282 g/mol. The molecule has 6 nitrogen and oxygen atoms in total. The first-order chi connectivity index (χ1) is 10.1. The van der Waals surface area contributed by atoms with E-state index in [1.165, 1.54) is 0 Å². The molecular formula is C15H14N4O2. The van der Waals surface area contributed by atoms with Crippen LogP contribution in [0.15, 0.2) is 42.5 Å². The third-order valence-corrected chi connectivity index (χ3v) is 3.24. The third kappa shape index (κ3) is 2.61. The number of aliphatic hydroxyl groups excluding tert-OH is 1.